The monoisotopic (exact) mass is 317 g/mol. The van der Waals surface area contributed by atoms with Crippen molar-refractivity contribution < 1.29 is 0 Å². The lowest BCUT2D eigenvalue weighted by Gasteiger charge is -2.05. The zero-order valence-corrected chi connectivity index (χ0v) is 12.7. The number of halogens is 1. The van der Waals surface area contributed by atoms with E-state index in [1.54, 1.807) is 12.3 Å². The minimum atomic E-state index is -0.0792. The second-order valence-corrected chi connectivity index (χ2v) is 5.91. The van der Waals surface area contributed by atoms with Crippen molar-refractivity contribution in [1.29, 1.82) is 5.41 Å². The van der Waals surface area contributed by atoms with E-state index in [4.69, 9.17) is 22.7 Å². The zero-order valence-electron chi connectivity index (χ0n) is 11.1. The highest BCUT2D eigenvalue weighted by molar-refractivity contribution is 7.99. The van der Waals surface area contributed by atoms with Gasteiger partial charge in [-0.25, -0.2) is 9.97 Å². The molecule has 3 rings (SSSR count). The van der Waals surface area contributed by atoms with Gasteiger partial charge in [0.05, 0.1) is 16.1 Å². The van der Waals surface area contributed by atoms with Gasteiger partial charge in [0, 0.05) is 11.8 Å². The van der Waals surface area contributed by atoms with E-state index in [2.05, 4.69) is 15.0 Å². The van der Waals surface area contributed by atoms with Crippen LogP contribution in [-0.2, 0) is 0 Å². The smallest absolute Gasteiger partial charge is 0.172 e. The van der Waals surface area contributed by atoms with Crippen molar-refractivity contribution in [3.05, 3.63) is 46.6 Å². The molecule has 0 aliphatic heterocycles. The molecule has 0 saturated heterocycles. The Morgan fingerprint density at radius 3 is 2.95 bits per heavy atom. The van der Waals surface area contributed by atoms with Crippen LogP contribution in [0.2, 0.25) is 5.02 Å². The van der Waals surface area contributed by atoms with Gasteiger partial charge in [-0.3, -0.25) is 5.41 Å². The molecule has 3 aromatic rings. The SMILES string of the molecule is Cc1ccc2nc(Sc3nccc(C(=N)N)c3Cl)[nH]c2c1. The van der Waals surface area contributed by atoms with Gasteiger partial charge in [0.2, 0.25) is 0 Å². The summed E-state index contributed by atoms with van der Waals surface area (Å²) >= 11 is 7.55. The molecule has 0 fully saturated rings. The summed E-state index contributed by atoms with van der Waals surface area (Å²) in [6, 6.07) is 7.63. The molecule has 0 radical (unpaired) electrons. The van der Waals surface area contributed by atoms with Gasteiger partial charge in [0.25, 0.3) is 0 Å². The summed E-state index contributed by atoms with van der Waals surface area (Å²) in [7, 11) is 0. The van der Waals surface area contributed by atoms with Crippen LogP contribution < -0.4 is 5.73 Å². The van der Waals surface area contributed by atoms with Crippen LogP contribution in [0.5, 0.6) is 0 Å². The largest absolute Gasteiger partial charge is 0.384 e. The number of nitrogens with two attached hydrogens (primary N) is 1. The third-order valence-corrected chi connectivity index (χ3v) is 4.34. The molecule has 4 N–H and O–H groups in total. The van der Waals surface area contributed by atoms with Crippen molar-refractivity contribution in [2.75, 3.05) is 0 Å². The molecule has 0 atom stereocenters. The number of rotatable bonds is 3. The fraction of sp³-hybridized carbons (Fsp3) is 0.0714. The molecule has 7 heteroatoms. The molecule has 2 aromatic heterocycles. The molecule has 0 saturated carbocycles. The molecule has 2 heterocycles. The van der Waals surface area contributed by atoms with E-state index < -0.39 is 0 Å². The van der Waals surface area contributed by atoms with Crippen LogP contribution in [0.1, 0.15) is 11.1 Å². The second-order valence-electron chi connectivity index (χ2n) is 4.56. The number of aryl methyl sites for hydroxylation is 1. The highest BCUT2D eigenvalue weighted by Crippen LogP contribution is 2.32. The molecule has 0 aliphatic rings. The number of hydrogen-bond acceptors (Lipinski definition) is 4. The van der Waals surface area contributed by atoms with Crippen LogP contribution in [0.25, 0.3) is 11.0 Å². The number of benzene rings is 1. The maximum Gasteiger partial charge on any atom is 0.172 e. The standard InChI is InChI=1S/C14H12ClN5S/c1-7-2-3-9-10(6-7)20-14(19-9)21-13-11(15)8(12(16)17)4-5-18-13/h2-6H,1H3,(H3,16,17)(H,19,20). The van der Waals surface area contributed by atoms with Crippen molar-refractivity contribution in [2.24, 2.45) is 5.73 Å². The highest BCUT2D eigenvalue weighted by Gasteiger charge is 2.13. The lowest BCUT2D eigenvalue weighted by molar-refractivity contribution is 1.05. The number of pyridine rings is 1. The summed E-state index contributed by atoms with van der Waals surface area (Å²) in [5.41, 5.74) is 8.99. The van der Waals surface area contributed by atoms with Crippen LogP contribution in [0.15, 0.2) is 40.6 Å². The molecule has 0 amide bonds. The van der Waals surface area contributed by atoms with Crippen molar-refractivity contribution in [3.8, 4) is 0 Å². The molecule has 0 unspecified atom stereocenters. The number of imidazole rings is 1. The number of nitrogens with zero attached hydrogens (tertiary/aromatic N) is 2. The van der Waals surface area contributed by atoms with Gasteiger partial charge in [-0.15, -0.1) is 0 Å². The van der Waals surface area contributed by atoms with Crippen molar-refractivity contribution >= 4 is 40.2 Å². The topological polar surface area (TPSA) is 91.4 Å². The predicted molar refractivity (Wildman–Crippen MR) is 85.2 cm³/mol. The number of hydrogen-bond donors (Lipinski definition) is 3. The summed E-state index contributed by atoms with van der Waals surface area (Å²) in [5, 5.41) is 9.13. The van der Waals surface area contributed by atoms with Gasteiger partial charge >= 0.3 is 0 Å². The molecule has 106 valence electrons. The molecule has 5 nitrogen and oxygen atoms in total. The van der Waals surface area contributed by atoms with Crippen LogP contribution in [-0.4, -0.2) is 20.8 Å². The highest BCUT2D eigenvalue weighted by atomic mass is 35.5. The number of amidine groups is 1. The summed E-state index contributed by atoms with van der Waals surface area (Å²) in [4.78, 5) is 11.9. The average Bonchev–Trinajstić information content (AvgIpc) is 2.82. The van der Waals surface area contributed by atoms with Gasteiger partial charge in [0.15, 0.2) is 5.16 Å². The number of nitrogen functional groups attached to an aromatic ring is 1. The van der Waals surface area contributed by atoms with E-state index >= 15 is 0 Å². The first kappa shape index (κ1) is 13.9. The number of aromatic amines is 1. The van der Waals surface area contributed by atoms with Gasteiger partial charge in [-0.2, -0.15) is 0 Å². The Morgan fingerprint density at radius 1 is 1.38 bits per heavy atom. The number of H-pyrrole nitrogens is 1. The van der Waals surface area contributed by atoms with Crippen molar-refractivity contribution in [3.63, 3.8) is 0 Å². The van der Waals surface area contributed by atoms with E-state index in [1.807, 2.05) is 25.1 Å². The maximum absolute atomic E-state index is 7.50. The number of aromatic nitrogens is 3. The summed E-state index contributed by atoms with van der Waals surface area (Å²) < 4.78 is 0. The average molecular weight is 318 g/mol. The van der Waals surface area contributed by atoms with Crippen LogP contribution >= 0.6 is 23.4 Å². The Balaban J connectivity index is 1.98. The van der Waals surface area contributed by atoms with Gasteiger partial charge in [-0.05, 0) is 42.4 Å². The minimum absolute atomic E-state index is 0.0792. The van der Waals surface area contributed by atoms with Crippen molar-refractivity contribution in [2.45, 2.75) is 17.1 Å². The maximum atomic E-state index is 7.50. The first-order valence-electron chi connectivity index (χ1n) is 6.17. The third kappa shape index (κ3) is 2.72. The Labute approximate surface area is 130 Å². The van der Waals surface area contributed by atoms with Gasteiger partial charge in [-0.1, -0.05) is 17.7 Å². The normalized spacial score (nSPS) is 11.0. The van der Waals surface area contributed by atoms with E-state index in [1.165, 1.54) is 11.8 Å². The first-order valence-corrected chi connectivity index (χ1v) is 7.37. The molecule has 1 aromatic carbocycles. The predicted octanol–water partition coefficient (Wildman–Crippen LogP) is 3.35. The molecular formula is C14H12ClN5S. The lowest BCUT2D eigenvalue weighted by Crippen LogP contribution is -2.12. The lowest BCUT2D eigenvalue weighted by atomic mass is 10.2. The summed E-state index contributed by atoms with van der Waals surface area (Å²) in [5.74, 6) is -0.0792. The summed E-state index contributed by atoms with van der Waals surface area (Å²) in [6.07, 6.45) is 1.58. The third-order valence-electron chi connectivity index (χ3n) is 2.96. The molecule has 0 bridgehead atoms. The van der Waals surface area contributed by atoms with Gasteiger partial charge < -0.3 is 10.7 Å². The molecule has 21 heavy (non-hydrogen) atoms. The molecule has 0 spiro atoms. The molecular weight excluding hydrogens is 306 g/mol. The number of nitrogens with one attached hydrogen (secondary N) is 2. The van der Waals surface area contributed by atoms with E-state index in [0.29, 0.717) is 20.8 Å². The van der Waals surface area contributed by atoms with E-state index in [-0.39, 0.29) is 5.84 Å². The van der Waals surface area contributed by atoms with Crippen molar-refractivity contribution in [1.82, 2.24) is 15.0 Å². The Kier molecular flexibility index (Phi) is 3.57. The van der Waals surface area contributed by atoms with E-state index in [9.17, 15) is 0 Å². The fourth-order valence-electron chi connectivity index (χ4n) is 1.94. The zero-order chi connectivity index (χ0) is 15.0. The van der Waals surface area contributed by atoms with Crippen LogP contribution in [0, 0.1) is 12.3 Å². The van der Waals surface area contributed by atoms with E-state index in [0.717, 1.165) is 16.6 Å². The Morgan fingerprint density at radius 2 is 2.19 bits per heavy atom. The van der Waals surface area contributed by atoms with Gasteiger partial charge in [0.1, 0.15) is 10.9 Å². The molecule has 0 aliphatic carbocycles. The second kappa shape index (κ2) is 5.38. The number of fused-ring (bicyclic) bond motifs is 1. The Bertz CT molecular complexity index is 842. The minimum Gasteiger partial charge on any atom is -0.384 e. The van der Waals surface area contributed by atoms with Crippen LogP contribution in [0.3, 0.4) is 0 Å². The Hall–Kier alpha value is -2.05. The quantitative estimate of drug-likeness (QED) is 0.510. The van der Waals surface area contributed by atoms with Crippen LogP contribution in [0.4, 0.5) is 0 Å². The fourth-order valence-corrected chi connectivity index (χ4v) is 3.07. The first-order chi connectivity index (χ1) is 10.0. The summed E-state index contributed by atoms with van der Waals surface area (Å²) in [6.45, 7) is 2.03.